The molecular formula is C16H18N6O2S. The molecular weight excluding hydrogens is 340 g/mol. The first-order chi connectivity index (χ1) is 12.2. The predicted molar refractivity (Wildman–Crippen MR) is 91.3 cm³/mol. The van der Waals surface area contributed by atoms with Gasteiger partial charge in [0, 0.05) is 19.5 Å². The molecule has 9 heteroatoms. The maximum absolute atomic E-state index is 12.6. The SMILES string of the molecule is CCc1noc(-c2cn([C@@H]3CCN(C(=O)c4sccc4C)C3)nn2)n1. The molecule has 0 aromatic carbocycles. The normalized spacial score (nSPS) is 17.4. The summed E-state index contributed by atoms with van der Waals surface area (Å²) in [4.78, 5) is 19.6. The molecule has 0 bridgehead atoms. The van der Waals surface area contributed by atoms with Crippen LogP contribution in [0.25, 0.3) is 11.6 Å². The molecule has 1 aliphatic rings. The molecule has 25 heavy (non-hydrogen) atoms. The summed E-state index contributed by atoms with van der Waals surface area (Å²) < 4.78 is 6.99. The van der Waals surface area contributed by atoms with Crippen molar-refractivity contribution in [3.05, 3.63) is 33.9 Å². The predicted octanol–water partition coefficient (Wildman–Crippen LogP) is 2.35. The van der Waals surface area contributed by atoms with Gasteiger partial charge in [-0.05, 0) is 30.4 Å². The standard InChI is InChI=1S/C16H18N6O2S/c1-3-13-17-15(24-19-13)12-9-22(20-18-12)11-4-6-21(8-11)16(23)14-10(2)5-7-25-14/h5,7,9,11H,3-4,6,8H2,1-2H3/t11-/m1/s1. The first-order valence-corrected chi connectivity index (χ1v) is 9.12. The van der Waals surface area contributed by atoms with E-state index in [0.29, 0.717) is 30.4 Å². The average molecular weight is 358 g/mol. The molecule has 1 amide bonds. The molecule has 3 aromatic heterocycles. The highest BCUT2D eigenvalue weighted by Gasteiger charge is 2.30. The number of aromatic nitrogens is 5. The summed E-state index contributed by atoms with van der Waals surface area (Å²) in [7, 11) is 0. The van der Waals surface area contributed by atoms with Gasteiger partial charge in [-0.25, -0.2) is 4.68 Å². The lowest BCUT2D eigenvalue weighted by Crippen LogP contribution is -2.29. The van der Waals surface area contributed by atoms with Crippen molar-refractivity contribution >= 4 is 17.2 Å². The number of aryl methyl sites for hydroxylation is 2. The fourth-order valence-corrected chi connectivity index (χ4v) is 3.82. The van der Waals surface area contributed by atoms with Crippen LogP contribution in [0.3, 0.4) is 0 Å². The minimum atomic E-state index is 0.0971. The fourth-order valence-electron chi connectivity index (χ4n) is 2.93. The van der Waals surface area contributed by atoms with Crippen molar-refractivity contribution in [2.24, 2.45) is 0 Å². The van der Waals surface area contributed by atoms with Crippen LogP contribution in [-0.2, 0) is 6.42 Å². The molecule has 0 radical (unpaired) electrons. The molecule has 8 nitrogen and oxygen atoms in total. The molecule has 130 valence electrons. The van der Waals surface area contributed by atoms with Gasteiger partial charge in [0.15, 0.2) is 11.5 Å². The van der Waals surface area contributed by atoms with Crippen molar-refractivity contribution in [2.75, 3.05) is 13.1 Å². The Bertz CT molecular complexity index is 898. The quantitative estimate of drug-likeness (QED) is 0.711. The fraction of sp³-hybridized carbons (Fsp3) is 0.438. The van der Waals surface area contributed by atoms with Gasteiger partial charge in [0.05, 0.1) is 17.1 Å². The second kappa shape index (κ2) is 6.40. The second-order valence-electron chi connectivity index (χ2n) is 6.08. The van der Waals surface area contributed by atoms with Gasteiger partial charge < -0.3 is 9.42 Å². The van der Waals surface area contributed by atoms with Gasteiger partial charge in [-0.1, -0.05) is 17.3 Å². The number of carbonyl (C=O) groups excluding carboxylic acids is 1. The zero-order valence-corrected chi connectivity index (χ0v) is 14.9. The molecule has 3 aromatic rings. The Kier molecular flexibility index (Phi) is 4.08. The van der Waals surface area contributed by atoms with Crippen molar-refractivity contribution in [1.29, 1.82) is 0 Å². The minimum Gasteiger partial charge on any atom is -0.336 e. The van der Waals surface area contributed by atoms with E-state index in [0.717, 1.165) is 23.4 Å². The number of amides is 1. The molecule has 0 N–H and O–H groups in total. The maximum atomic E-state index is 12.6. The second-order valence-corrected chi connectivity index (χ2v) is 7.00. The number of hydrogen-bond acceptors (Lipinski definition) is 7. The summed E-state index contributed by atoms with van der Waals surface area (Å²) in [6.07, 6.45) is 3.37. The van der Waals surface area contributed by atoms with Gasteiger partial charge in [-0.3, -0.25) is 4.79 Å². The smallest absolute Gasteiger partial charge is 0.280 e. The van der Waals surface area contributed by atoms with Crippen LogP contribution in [0.5, 0.6) is 0 Å². The Balaban J connectivity index is 1.47. The van der Waals surface area contributed by atoms with Crippen LogP contribution in [0.4, 0.5) is 0 Å². The van der Waals surface area contributed by atoms with Gasteiger partial charge in [0.2, 0.25) is 0 Å². The molecule has 1 aliphatic heterocycles. The van der Waals surface area contributed by atoms with E-state index in [4.69, 9.17) is 4.52 Å². The Labute approximate surface area is 148 Å². The molecule has 4 rings (SSSR count). The Hall–Kier alpha value is -2.55. The molecule has 0 spiro atoms. The molecule has 1 atom stereocenters. The maximum Gasteiger partial charge on any atom is 0.280 e. The summed E-state index contributed by atoms with van der Waals surface area (Å²) in [5.41, 5.74) is 1.59. The number of hydrogen-bond donors (Lipinski definition) is 0. The van der Waals surface area contributed by atoms with Crippen LogP contribution in [0, 0.1) is 6.92 Å². The van der Waals surface area contributed by atoms with E-state index < -0.39 is 0 Å². The first kappa shape index (κ1) is 15.9. The molecule has 4 heterocycles. The zero-order chi connectivity index (χ0) is 17.4. The highest BCUT2D eigenvalue weighted by atomic mass is 32.1. The summed E-state index contributed by atoms with van der Waals surface area (Å²) in [6, 6.07) is 2.09. The lowest BCUT2D eigenvalue weighted by Gasteiger charge is -2.16. The van der Waals surface area contributed by atoms with E-state index in [-0.39, 0.29) is 11.9 Å². The van der Waals surface area contributed by atoms with Crippen molar-refractivity contribution in [2.45, 2.75) is 32.7 Å². The summed E-state index contributed by atoms with van der Waals surface area (Å²) in [5, 5.41) is 14.1. The third-order valence-corrected chi connectivity index (χ3v) is 5.40. The topological polar surface area (TPSA) is 89.9 Å². The van der Waals surface area contributed by atoms with Crippen molar-refractivity contribution < 1.29 is 9.32 Å². The highest BCUT2D eigenvalue weighted by molar-refractivity contribution is 7.12. The number of nitrogens with zero attached hydrogens (tertiary/aromatic N) is 6. The van der Waals surface area contributed by atoms with Gasteiger partial charge in [-0.15, -0.1) is 16.4 Å². The lowest BCUT2D eigenvalue weighted by molar-refractivity contribution is 0.0791. The number of rotatable bonds is 4. The summed E-state index contributed by atoms with van der Waals surface area (Å²) in [6.45, 7) is 5.28. The summed E-state index contributed by atoms with van der Waals surface area (Å²) >= 11 is 1.49. The van der Waals surface area contributed by atoms with E-state index in [1.165, 1.54) is 11.3 Å². The number of thiophene rings is 1. The monoisotopic (exact) mass is 358 g/mol. The van der Waals surface area contributed by atoms with E-state index in [2.05, 4.69) is 20.5 Å². The van der Waals surface area contributed by atoms with Gasteiger partial charge in [0.1, 0.15) is 0 Å². The van der Waals surface area contributed by atoms with Crippen LogP contribution in [0.15, 0.2) is 22.2 Å². The van der Waals surface area contributed by atoms with E-state index in [1.807, 2.05) is 36.4 Å². The van der Waals surface area contributed by atoms with Crippen LogP contribution < -0.4 is 0 Å². The zero-order valence-electron chi connectivity index (χ0n) is 14.0. The van der Waals surface area contributed by atoms with E-state index in [1.54, 1.807) is 4.68 Å². The van der Waals surface area contributed by atoms with Gasteiger partial charge >= 0.3 is 0 Å². The van der Waals surface area contributed by atoms with Crippen molar-refractivity contribution in [3.8, 4) is 11.6 Å². The Morgan fingerprint density at radius 3 is 3.08 bits per heavy atom. The molecule has 1 saturated heterocycles. The highest BCUT2D eigenvalue weighted by Crippen LogP contribution is 2.26. The first-order valence-electron chi connectivity index (χ1n) is 8.24. The van der Waals surface area contributed by atoms with E-state index >= 15 is 0 Å². The van der Waals surface area contributed by atoms with Crippen molar-refractivity contribution in [3.63, 3.8) is 0 Å². The Morgan fingerprint density at radius 1 is 1.48 bits per heavy atom. The third kappa shape index (κ3) is 2.95. The number of likely N-dealkylation sites (tertiary alicyclic amines) is 1. The number of carbonyl (C=O) groups is 1. The lowest BCUT2D eigenvalue weighted by atomic mass is 10.2. The van der Waals surface area contributed by atoms with Crippen molar-refractivity contribution in [1.82, 2.24) is 30.0 Å². The third-order valence-electron chi connectivity index (χ3n) is 4.39. The molecule has 0 unspecified atom stereocenters. The molecule has 0 aliphatic carbocycles. The summed E-state index contributed by atoms with van der Waals surface area (Å²) in [5.74, 6) is 1.12. The molecule has 0 saturated carbocycles. The van der Waals surface area contributed by atoms with Crippen LogP contribution in [0.1, 0.15) is 40.4 Å². The molecule has 1 fully saturated rings. The van der Waals surface area contributed by atoms with Gasteiger partial charge in [-0.2, -0.15) is 4.98 Å². The van der Waals surface area contributed by atoms with Crippen LogP contribution >= 0.6 is 11.3 Å². The Morgan fingerprint density at radius 2 is 2.36 bits per heavy atom. The largest absolute Gasteiger partial charge is 0.336 e. The van der Waals surface area contributed by atoms with Crippen LogP contribution in [-0.4, -0.2) is 49.0 Å². The average Bonchev–Trinajstić information content (AvgIpc) is 3.37. The van der Waals surface area contributed by atoms with Gasteiger partial charge in [0.25, 0.3) is 11.8 Å². The minimum absolute atomic E-state index is 0.0971. The van der Waals surface area contributed by atoms with E-state index in [9.17, 15) is 4.79 Å². The van der Waals surface area contributed by atoms with Crippen LogP contribution in [0.2, 0.25) is 0 Å².